The van der Waals surface area contributed by atoms with Gasteiger partial charge in [0.05, 0.1) is 6.61 Å². The largest absolute Gasteiger partial charge is 0.451 e. The van der Waals surface area contributed by atoms with Crippen molar-refractivity contribution in [3.8, 4) is 0 Å². The van der Waals surface area contributed by atoms with Gasteiger partial charge in [0.25, 0.3) is 17.7 Å². The van der Waals surface area contributed by atoms with Crippen LogP contribution in [0.5, 0.6) is 0 Å². The van der Waals surface area contributed by atoms with Crippen LogP contribution < -0.4 is 5.32 Å². The Balaban J connectivity index is 2.62. The molecule has 0 unspecified atom stereocenters. The summed E-state index contributed by atoms with van der Waals surface area (Å²) < 4.78 is 54.2. The van der Waals surface area contributed by atoms with Crippen LogP contribution in [0, 0.1) is 11.8 Å². The highest BCUT2D eigenvalue weighted by molar-refractivity contribution is 5.93. The van der Waals surface area contributed by atoms with Crippen LogP contribution in [0.25, 0.3) is 0 Å². The molecular formula is C61H94F2N4O13. The Morgan fingerprint density at radius 3 is 1.25 bits per heavy atom. The number of aliphatic hydroxyl groups is 1. The Morgan fingerprint density at radius 2 is 0.912 bits per heavy atom. The first kappa shape index (κ1) is 70.3. The zero-order valence-electron chi connectivity index (χ0n) is 51.3. The molecule has 0 saturated carbocycles. The summed E-state index contributed by atoms with van der Waals surface area (Å²) in [5.74, 6) is -7.04. The van der Waals surface area contributed by atoms with Crippen LogP contribution in [-0.4, -0.2) is 162 Å². The molecule has 0 aliphatic heterocycles. The fourth-order valence-electron chi connectivity index (χ4n) is 8.74. The molecule has 0 saturated heterocycles. The Morgan fingerprint density at radius 1 is 0.550 bits per heavy atom. The highest BCUT2D eigenvalue weighted by Gasteiger charge is 2.44. The van der Waals surface area contributed by atoms with Crippen molar-refractivity contribution in [1.82, 2.24) is 20.0 Å². The third-order valence-corrected chi connectivity index (χ3v) is 13.7. The lowest BCUT2D eigenvalue weighted by atomic mass is 9.86. The molecular weight excluding hydrogens is 1030 g/mol. The van der Waals surface area contributed by atoms with Gasteiger partial charge in [0.15, 0.2) is 30.2 Å². The van der Waals surface area contributed by atoms with Gasteiger partial charge in [-0.1, -0.05) is 118 Å². The van der Waals surface area contributed by atoms with E-state index in [0.717, 1.165) is 32.8 Å². The maximum absolute atomic E-state index is 15.7. The molecule has 0 aliphatic rings. The minimum atomic E-state index is -2.08. The molecule has 17 nitrogen and oxygen atoms in total. The van der Waals surface area contributed by atoms with E-state index >= 15 is 8.78 Å². The third kappa shape index (κ3) is 21.9. The monoisotopic (exact) mass is 1130 g/mol. The zero-order valence-corrected chi connectivity index (χ0v) is 51.3. The number of halogens is 2. The number of likely N-dealkylation sites (N-methyl/N-ethyl adjacent to an activating group) is 4. The summed E-state index contributed by atoms with van der Waals surface area (Å²) in [7, 11) is 5.32. The van der Waals surface area contributed by atoms with Crippen LogP contribution in [0.15, 0.2) is 48.5 Å². The van der Waals surface area contributed by atoms with Crippen molar-refractivity contribution in [2.24, 2.45) is 11.8 Å². The van der Waals surface area contributed by atoms with Crippen LogP contribution in [0.4, 0.5) is 8.78 Å². The van der Waals surface area contributed by atoms with Crippen LogP contribution in [0.3, 0.4) is 0 Å². The second-order valence-corrected chi connectivity index (χ2v) is 25.6. The smallest absolute Gasteiger partial charge is 0.330 e. The highest BCUT2D eigenvalue weighted by atomic mass is 19.1. The molecule has 0 aromatic heterocycles. The number of aldehydes is 1. The molecule has 0 aliphatic carbocycles. The first-order chi connectivity index (χ1) is 36.6. The van der Waals surface area contributed by atoms with Gasteiger partial charge in [0.2, 0.25) is 0 Å². The van der Waals surface area contributed by atoms with Crippen molar-refractivity contribution in [3.05, 3.63) is 70.8 Å². The molecule has 2 aromatic carbocycles. The first-order valence-corrected chi connectivity index (χ1v) is 27.5. The molecule has 0 bridgehead atoms. The van der Waals surface area contributed by atoms with Gasteiger partial charge in [-0.25, -0.2) is 23.2 Å². The maximum Gasteiger partial charge on any atom is 0.330 e. The highest BCUT2D eigenvalue weighted by Crippen LogP contribution is 2.29. The van der Waals surface area contributed by atoms with Gasteiger partial charge in [0.1, 0.15) is 35.5 Å². The average molecular weight is 1130 g/mol. The van der Waals surface area contributed by atoms with E-state index in [1.165, 1.54) is 55.8 Å². The van der Waals surface area contributed by atoms with E-state index < -0.39 is 120 Å². The van der Waals surface area contributed by atoms with Crippen molar-refractivity contribution in [2.45, 2.75) is 220 Å². The summed E-state index contributed by atoms with van der Waals surface area (Å²) in [5, 5.41) is 12.8. The van der Waals surface area contributed by atoms with E-state index in [1.54, 1.807) is 33.0 Å². The maximum atomic E-state index is 15.7. The lowest BCUT2D eigenvalue weighted by Crippen LogP contribution is -2.54. The molecule has 2 N–H and O–H groups in total. The van der Waals surface area contributed by atoms with Crippen molar-refractivity contribution >= 4 is 47.9 Å². The normalized spacial score (nSPS) is 15.7. The summed E-state index contributed by atoms with van der Waals surface area (Å²) in [6.07, 6.45) is -5.81. The van der Waals surface area contributed by atoms with E-state index in [-0.39, 0.29) is 48.2 Å². The van der Waals surface area contributed by atoms with Gasteiger partial charge in [-0.3, -0.25) is 24.0 Å². The van der Waals surface area contributed by atoms with Gasteiger partial charge in [-0.05, 0) is 106 Å². The number of rotatable bonds is 29. The number of nitrogens with zero attached hydrogens (tertiary/aromatic N) is 3. The molecule has 0 fully saturated rings. The number of hydrogen-bond donors (Lipinski definition) is 2. The Labute approximate surface area is 474 Å². The molecule has 3 amide bonds. The first-order valence-electron chi connectivity index (χ1n) is 27.5. The summed E-state index contributed by atoms with van der Waals surface area (Å²) in [6, 6.07) is 9.11. The number of alkyl halides is 2. The number of hydrogen-bond acceptors (Lipinski definition) is 14. The van der Waals surface area contributed by atoms with Gasteiger partial charge < -0.3 is 44.1 Å². The fourth-order valence-corrected chi connectivity index (χ4v) is 8.74. The minimum Gasteiger partial charge on any atom is -0.451 e. The number of benzene rings is 2. The second-order valence-electron chi connectivity index (χ2n) is 25.6. The van der Waals surface area contributed by atoms with Crippen molar-refractivity contribution in [1.29, 1.82) is 0 Å². The van der Waals surface area contributed by atoms with E-state index in [4.69, 9.17) is 18.9 Å². The van der Waals surface area contributed by atoms with Crippen molar-refractivity contribution in [3.63, 3.8) is 0 Å². The number of amides is 3. The number of aliphatic hydroxyl groups excluding tert-OH is 1. The molecule has 80 heavy (non-hydrogen) atoms. The van der Waals surface area contributed by atoms with E-state index in [2.05, 4.69) is 26.1 Å². The second kappa shape index (κ2) is 29.2. The average Bonchev–Trinajstić information content (AvgIpc) is 3.35. The van der Waals surface area contributed by atoms with Gasteiger partial charge >= 0.3 is 23.9 Å². The predicted octanol–water partition coefficient (Wildman–Crippen LogP) is 7.75. The topological polar surface area (TPSA) is 215 Å². The summed E-state index contributed by atoms with van der Waals surface area (Å²) in [6.45, 7) is 25.8. The number of carbonyl (C=O) groups is 8. The lowest BCUT2D eigenvalue weighted by Gasteiger charge is -2.35. The van der Waals surface area contributed by atoms with Gasteiger partial charge in [-0.2, -0.15) is 0 Å². The molecule has 450 valence electrons. The van der Waals surface area contributed by atoms with Crippen LogP contribution in [0.2, 0.25) is 0 Å². The standard InChI is InChI=1S/C61H94F2N4O13/c1-37(2)29-44(64-17)53(73)78-48(31-40-21-25-42(26-22-40)57(6,7)8)51(71)66(19)46(33-59(12,13)62)55(75)77-39(5)50(70)65(18)45(30-38(3)4)54(74)79-49(32-41-23-27-43(28-24-41)58(9,10)11)52(72)67(20)47(34-60(14,15)63)56(76)80-61(16,35-68)36-69/h21-28,35,37-39,44-49,64,69H,29-34,36H2,1-20H3/t39-,44+,45+,46+,47+,48-,49-,61-/m1/s1. The molecule has 0 radical (unpaired) electrons. The number of nitrogens with one attached hydrogen (secondary N) is 1. The Bertz CT molecular complexity index is 2400. The lowest BCUT2D eigenvalue weighted by molar-refractivity contribution is -0.177. The SMILES string of the molecule is CN[C@@H](CC(C)C)C(=O)O[C@H](Cc1ccc(C(C)(C)C)cc1)C(=O)N(C)[C@@H](CC(C)(C)F)C(=O)O[C@H](C)C(=O)N(C)[C@@H](CC(C)C)C(=O)O[C@H](Cc1ccc(C(C)(C)C)cc1)C(=O)N(C)[C@@H](CC(C)(C)F)C(=O)O[C@](C)(C=O)CO. The molecule has 0 heterocycles. The van der Waals surface area contributed by atoms with E-state index in [9.17, 15) is 43.5 Å². The Hall–Kier alpha value is -5.82. The number of esters is 4. The summed E-state index contributed by atoms with van der Waals surface area (Å²) in [4.78, 5) is 115. The fraction of sp³-hybridized carbons (Fsp3) is 0.672. The quantitative estimate of drug-likeness (QED) is 0.0453. The zero-order chi connectivity index (χ0) is 61.6. The minimum absolute atomic E-state index is 0.0320. The summed E-state index contributed by atoms with van der Waals surface area (Å²) in [5.41, 5.74) is -3.44. The molecule has 0 spiro atoms. The van der Waals surface area contributed by atoms with Crippen molar-refractivity contribution in [2.75, 3.05) is 34.8 Å². The Kier molecular flexibility index (Phi) is 25.7. The van der Waals surface area contributed by atoms with Gasteiger partial charge in [-0.15, -0.1) is 0 Å². The van der Waals surface area contributed by atoms with Crippen molar-refractivity contribution < 1.29 is 71.2 Å². The summed E-state index contributed by atoms with van der Waals surface area (Å²) >= 11 is 0. The molecule has 2 aromatic rings. The predicted molar refractivity (Wildman–Crippen MR) is 302 cm³/mol. The van der Waals surface area contributed by atoms with Crippen LogP contribution in [-0.2, 0) is 81.0 Å². The van der Waals surface area contributed by atoms with E-state index in [1.807, 2.05) is 71.0 Å². The molecule has 8 atom stereocenters. The number of carbonyl (C=O) groups excluding carboxylic acids is 8. The molecule has 2 rings (SSSR count). The van der Waals surface area contributed by atoms with Gasteiger partial charge in [0, 0.05) is 46.8 Å². The molecule has 19 heteroatoms. The number of ether oxygens (including phenoxy) is 4. The van der Waals surface area contributed by atoms with E-state index in [0.29, 0.717) is 17.5 Å². The van der Waals surface area contributed by atoms with Crippen LogP contribution >= 0.6 is 0 Å². The third-order valence-electron chi connectivity index (χ3n) is 13.7. The van der Waals surface area contributed by atoms with Crippen LogP contribution in [0.1, 0.15) is 159 Å².